The summed E-state index contributed by atoms with van der Waals surface area (Å²) in [7, 11) is 0. The van der Waals surface area contributed by atoms with Gasteiger partial charge < -0.3 is 24.6 Å². The number of likely N-dealkylation sites (tertiary alicyclic amines) is 1. The summed E-state index contributed by atoms with van der Waals surface area (Å²) in [5, 5.41) is 20.6. The molecule has 0 spiro atoms. The van der Waals surface area contributed by atoms with Gasteiger partial charge in [-0.3, -0.25) is 9.59 Å². The molecule has 1 saturated heterocycles. The zero-order valence-corrected chi connectivity index (χ0v) is 18.9. The van der Waals surface area contributed by atoms with Gasteiger partial charge in [-0.05, 0) is 48.9 Å². The molecule has 0 saturated carbocycles. The van der Waals surface area contributed by atoms with Gasteiger partial charge in [0.2, 0.25) is 0 Å². The van der Waals surface area contributed by atoms with E-state index in [1.54, 1.807) is 36.4 Å². The van der Waals surface area contributed by atoms with E-state index >= 15 is 0 Å². The fourth-order valence-corrected chi connectivity index (χ4v) is 4.03. The van der Waals surface area contributed by atoms with Crippen molar-refractivity contribution in [2.24, 2.45) is 0 Å². The predicted molar refractivity (Wildman–Crippen MR) is 121 cm³/mol. The van der Waals surface area contributed by atoms with Gasteiger partial charge in [0.25, 0.3) is 11.7 Å². The molecule has 1 amide bonds. The Bertz CT molecular complexity index is 1020. The molecule has 1 unspecified atom stereocenters. The van der Waals surface area contributed by atoms with Gasteiger partial charge in [0.15, 0.2) is 0 Å². The number of amides is 1. The van der Waals surface area contributed by atoms with E-state index in [1.807, 2.05) is 6.92 Å². The molecular weight excluding hydrogens is 457 g/mol. The van der Waals surface area contributed by atoms with Crippen molar-refractivity contribution in [2.75, 3.05) is 33.0 Å². The Kier molecular flexibility index (Phi) is 8.15. The number of Topliss-reactive ketones (excluding diaryl/α,β-unsaturated/α-hetero) is 1. The second kappa shape index (κ2) is 10.8. The standard InChI is InChI=1S/C23H23Cl2NO6/c1-2-32-16-6-3-14(4-7-16)21(28)19-20(17-8-5-15(24)13-18(17)25)26(23(30)22(19)29)9-11-31-12-10-27/h3-8,13,20,27-28H,2,9-12H2,1H3. The molecule has 1 aliphatic heterocycles. The normalized spacial score (nSPS) is 17.8. The molecule has 7 nitrogen and oxygen atoms in total. The average Bonchev–Trinajstić information content (AvgIpc) is 3.02. The van der Waals surface area contributed by atoms with Crippen LogP contribution in [-0.2, 0) is 14.3 Å². The Labute approximate surface area is 195 Å². The molecule has 170 valence electrons. The van der Waals surface area contributed by atoms with Crippen molar-refractivity contribution < 1.29 is 29.3 Å². The summed E-state index contributed by atoms with van der Waals surface area (Å²) in [6, 6.07) is 10.4. The number of ketones is 1. The molecule has 1 atom stereocenters. The highest BCUT2D eigenvalue weighted by molar-refractivity contribution is 6.47. The molecule has 0 bridgehead atoms. The summed E-state index contributed by atoms with van der Waals surface area (Å²) < 4.78 is 10.7. The third kappa shape index (κ3) is 5.07. The Morgan fingerprint density at radius 1 is 1.09 bits per heavy atom. The number of ether oxygens (including phenoxy) is 2. The van der Waals surface area contributed by atoms with Crippen molar-refractivity contribution in [1.29, 1.82) is 0 Å². The van der Waals surface area contributed by atoms with Crippen LogP contribution in [0.15, 0.2) is 48.0 Å². The zero-order valence-electron chi connectivity index (χ0n) is 17.4. The zero-order chi connectivity index (χ0) is 23.3. The smallest absolute Gasteiger partial charge is 0.295 e. The predicted octanol–water partition coefficient (Wildman–Crippen LogP) is 3.82. The maximum Gasteiger partial charge on any atom is 0.295 e. The first kappa shape index (κ1) is 24.1. The number of aliphatic hydroxyl groups excluding tert-OH is 2. The Morgan fingerprint density at radius 2 is 1.81 bits per heavy atom. The first-order chi connectivity index (χ1) is 15.4. The number of carbonyl (C=O) groups is 2. The molecule has 3 rings (SSSR count). The van der Waals surface area contributed by atoms with Gasteiger partial charge in [-0.1, -0.05) is 29.3 Å². The minimum absolute atomic E-state index is 0.0637. The van der Waals surface area contributed by atoms with Crippen LogP contribution in [0.3, 0.4) is 0 Å². The van der Waals surface area contributed by atoms with Gasteiger partial charge in [-0.2, -0.15) is 0 Å². The van der Waals surface area contributed by atoms with Crippen LogP contribution in [0.2, 0.25) is 10.0 Å². The van der Waals surface area contributed by atoms with E-state index in [9.17, 15) is 14.7 Å². The maximum absolute atomic E-state index is 13.0. The lowest BCUT2D eigenvalue weighted by Crippen LogP contribution is -2.33. The number of carbonyl (C=O) groups excluding carboxylic acids is 2. The molecule has 0 aliphatic carbocycles. The monoisotopic (exact) mass is 479 g/mol. The lowest BCUT2D eigenvalue weighted by molar-refractivity contribution is -0.140. The number of nitrogens with zero attached hydrogens (tertiary/aromatic N) is 1. The SMILES string of the molecule is CCOc1ccc(C(O)=C2C(=O)C(=O)N(CCOCCO)C2c2ccc(Cl)cc2Cl)cc1. The summed E-state index contributed by atoms with van der Waals surface area (Å²) in [5.41, 5.74) is 0.730. The number of hydrogen-bond donors (Lipinski definition) is 2. The Hall–Kier alpha value is -2.58. The van der Waals surface area contributed by atoms with E-state index in [4.69, 9.17) is 37.8 Å². The first-order valence-electron chi connectivity index (χ1n) is 10.0. The van der Waals surface area contributed by atoms with Crippen LogP contribution in [0.4, 0.5) is 0 Å². The number of benzene rings is 2. The lowest BCUT2D eigenvalue weighted by atomic mass is 9.95. The Morgan fingerprint density at radius 3 is 2.44 bits per heavy atom. The van der Waals surface area contributed by atoms with Crippen molar-refractivity contribution in [2.45, 2.75) is 13.0 Å². The van der Waals surface area contributed by atoms with Crippen LogP contribution in [0.5, 0.6) is 5.75 Å². The van der Waals surface area contributed by atoms with E-state index in [0.717, 1.165) is 0 Å². The molecule has 9 heteroatoms. The lowest BCUT2D eigenvalue weighted by Gasteiger charge is -2.26. The summed E-state index contributed by atoms with van der Waals surface area (Å²) in [6.45, 7) is 2.44. The third-order valence-electron chi connectivity index (χ3n) is 4.95. The van der Waals surface area contributed by atoms with Crippen LogP contribution in [-0.4, -0.2) is 59.8 Å². The molecule has 0 aromatic heterocycles. The molecule has 2 aromatic rings. The molecule has 2 N–H and O–H groups in total. The van der Waals surface area contributed by atoms with Crippen molar-refractivity contribution in [3.63, 3.8) is 0 Å². The fourth-order valence-electron chi connectivity index (χ4n) is 3.52. The van der Waals surface area contributed by atoms with E-state index in [0.29, 0.717) is 28.5 Å². The summed E-state index contributed by atoms with van der Waals surface area (Å²) in [6.07, 6.45) is 0. The second-order valence-electron chi connectivity index (χ2n) is 6.95. The van der Waals surface area contributed by atoms with Gasteiger partial charge in [-0.15, -0.1) is 0 Å². The molecule has 1 heterocycles. The quantitative estimate of drug-likeness (QED) is 0.245. The number of rotatable bonds is 9. The Balaban J connectivity index is 2.07. The van der Waals surface area contributed by atoms with Crippen molar-refractivity contribution >= 4 is 40.7 Å². The maximum atomic E-state index is 13.0. The van der Waals surface area contributed by atoms with Crippen LogP contribution in [0.25, 0.3) is 5.76 Å². The van der Waals surface area contributed by atoms with Crippen molar-refractivity contribution in [1.82, 2.24) is 4.90 Å². The van der Waals surface area contributed by atoms with Crippen LogP contribution < -0.4 is 4.74 Å². The number of halogens is 2. The summed E-state index contributed by atoms with van der Waals surface area (Å²) in [4.78, 5) is 27.1. The molecule has 2 aromatic carbocycles. The minimum Gasteiger partial charge on any atom is -0.507 e. The highest BCUT2D eigenvalue weighted by atomic mass is 35.5. The van der Waals surface area contributed by atoms with E-state index in [1.165, 1.54) is 11.0 Å². The molecular formula is C23H23Cl2NO6. The van der Waals surface area contributed by atoms with Crippen molar-refractivity contribution in [3.05, 3.63) is 69.2 Å². The molecule has 1 aliphatic rings. The van der Waals surface area contributed by atoms with Gasteiger partial charge in [0.1, 0.15) is 11.5 Å². The van der Waals surface area contributed by atoms with Gasteiger partial charge in [0, 0.05) is 22.2 Å². The van der Waals surface area contributed by atoms with Gasteiger partial charge in [-0.25, -0.2) is 0 Å². The molecule has 0 radical (unpaired) electrons. The van der Waals surface area contributed by atoms with Crippen LogP contribution >= 0.6 is 23.2 Å². The summed E-state index contributed by atoms with van der Waals surface area (Å²) in [5.74, 6) is -1.31. The highest BCUT2D eigenvalue weighted by Gasteiger charge is 2.46. The van der Waals surface area contributed by atoms with E-state index in [2.05, 4.69) is 0 Å². The highest BCUT2D eigenvalue weighted by Crippen LogP contribution is 2.42. The number of hydrogen-bond acceptors (Lipinski definition) is 6. The largest absolute Gasteiger partial charge is 0.507 e. The van der Waals surface area contributed by atoms with Gasteiger partial charge >= 0.3 is 0 Å². The molecule has 1 fully saturated rings. The van der Waals surface area contributed by atoms with E-state index < -0.39 is 17.7 Å². The second-order valence-corrected chi connectivity index (χ2v) is 7.80. The first-order valence-corrected chi connectivity index (χ1v) is 10.8. The van der Waals surface area contributed by atoms with E-state index in [-0.39, 0.29) is 42.7 Å². The van der Waals surface area contributed by atoms with Crippen LogP contribution in [0, 0.1) is 0 Å². The molecule has 32 heavy (non-hydrogen) atoms. The van der Waals surface area contributed by atoms with Gasteiger partial charge in [0.05, 0.1) is 38.0 Å². The topological polar surface area (TPSA) is 96.3 Å². The average molecular weight is 480 g/mol. The fraction of sp³-hybridized carbons (Fsp3) is 0.304. The third-order valence-corrected chi connectivity index (χ3v) is 5.51. The minimum atomic E-state index is -0.927. The van der Waals surface area contributed by atoms with Crippen molar-refractivity contribution in [3.8, 4) is 5.75 Å². The van der Waals surface area contributed by atoms with Crippen LogP contribution in [0.1, 0.15) is 24.1 Å². The number of aliphatic hydroxyl groups is 2. The summed E-state index contributed by atoms with van der Waals surface area (Å²) >= 11 is 12.4.